The molecular formula is C17H24N2O3. The lowest BCUT2D eigenvalue weighted by atomic mass is 10.1. The number of hydrogen-bond donors (Lipinski definition) is 1. The summed E-state index contributed by atoms with van der Waals surface area (Å²) >= 11 is 0. The average molecular weight is 304 g/mol. The summed E-state index contributed by atoms with van der Waals surface area (Å²) in [7, 11) is 5.15. The van der Waals surface area contributed by atoms with Gasteiger partial charge in [0.2, 0.25) is 5.91 Å². The number of carbonyl (C=O) groups is 1. The number of carbonyl (C=O) groups excluding carboxylic acids is 1. The van der Waals surface area contributed by atoms with Crippen LogP contribution >= 0.6 is 0 Å². The fourth-order valence-corrected chi connectivity index (χ4v) is 2.72. The molecule has 1 aromatic carbocycles. The lowest BCUT2D eigenvalue weighted by molar-refractivity contribution is -0.125. The largest absolute Gasteiger partial charge is 0.493 e. The standard InChI is InChI=1S/C17H24N2O3/c1-18-11-14-8-9-19(12-14)17(20)7-5-13-4-6-15(21-2)16(10-13)22-3/h4-7,10,14,18H,8-9,11-12H2,1-3H3. The summed E-state index contributed by atoms with van der Waals surface area (Å²) < 4.78 is 10.5. The molecule has 0 saturated carbocycles. The Hall–Kier alpha value is -2.01. The predicted octanol–water partition coefficient (Wildman–Crippen LogP) is 1.78. The van der Waals surface area contributed by atoms with Gasteiger partial charge in [-0.2, -0.15) is 0 Å². The molecule has 120 valence electrons. The third-order valence-corrected chi connectivity index (χ3v) is 3.92. The van der Waals surface area contributed by atoms with E-state index >= 15 is 0 Å². The molecular weight excluding hydrogens is 280 g/mol. The summed E-state index contributed by atoms with van der Waals surface area (Å²) in [4.78, 5) is 14.1. The van der Waals surface area contributed by atoms with Crippen LogP contribution in [-0.2, 0) is 4.79 Å². The normalized spacial score (nSPS) is 18.0. The fraction of sp³-hybridized carbons (Fsp3) is 0.471. The van der Waals surface area contributed by atoms with Gasteiger partial charge in [0.05, 0.1) is 14.2 Å². The number of ether oxygens (including phenoxy) is 2. The van der Waals surface area contributed by atoms with Gasteiger partial charge in [0.25, 0.3) is 0 Å². The maximum absolute atomic E-state index is 12.2. The number of nitrogens with one attached hydrogen (secondary N) is 1. The molecule has 1 saturated heterocycles. The van der Waals surface area contributed by atoms with Crippen molar-refractivity contribution in [2.75, 3.05) is 40.9 Å². The Bertz CT molecular complexity index is 543. The van der Waals surface area contributed by atoms with E-state index in [2.05, 4.69) is 5.32 Å². The zero-order chi connectivity index (χ0) is 15.9. The highest BCUT2D eigenvalue weighted by Gasteiger charge is 2.24. The Labute approximate surface area is 131 Å². The Morgan fingerprint density at radius 2 is 2.14 bits per heavy atom. The summed E-state index contributed by atoms with van der Waals surface area (Å²) in [5.41, 5.74) is 0.914. The van der Waals surface area contributed by atoms with Gasteiger partial charge in [-0.05, 0) is 49.7 Å². The van der Waals surface area contributed by atoms with Crippen molar-refractivity contribution in [1.82, 2.24) is 10.2 Å². The average Bonchev–Trinajstić information content (AvgIpc) is 3.01. The van der Waals surface area contributed by atoms with Gasteiger partial charge in [0, 0.05) is 19.2 Å². The topological polar surface area (TPSA) is 50.8 Å². The lowest BCUT2D eigenvalue weighted by Gasteiger charge is -2.14. The van der Waals surface area contributed by atoms with E-state index in [4.69, 9.17) is 9.47 Å². The van der Waals surface area contributed by atoms with Crippen molar-refractivity contribution in [1.29, 1.82) is 0 Å². The first-order valence-electron chi connectivity index (χ1n) is 7.51. The Kier molecular flexibility index (Phi) is 5.83. The van der Waals surface area contributed by atoms with Crippen LogP contribution in [0.15, 0.2) is 24.3 Å². The summed E-state index contributed by atoms with van der Waals surface area (Å²) in [5.74, 6) is 1.96. The second-order valence-electron chi connectivity index (χ2n) is 5.44. The number of methoxy groups -OCH3 is 2. The van der Waals surface area contributed by atoms with Crippen molar-refractivity contribution in [2.24, 2.45) is 5.92 Å². The van der Waals surface area contributed by atoms with E-state index in [9.17, 15) is 4.79 Å². The van der Waals surface area contributed by atoms with Gasteiger partial charge in [0.15, 0.2) is 11.5 Å². The Morgan fingerprint density at radius 1 is 1.36 bits per heavy atom. The highest BCUT2D eigenvalue weighted by molar-refractivity contribution is 5.92. The van der Waals surface area contributed by atoms with Gasteiger partial charge in [-0.3, -0.25) is 4.79 Å². The molecule has 22 heavy (non-hydrogen) atoms. The first-order valence-corrected chi connectivity index (χ1v) is 7.51. The van der Waals surface area contributed by atoms with Crippen LogP contribution in [0.5, 0.6) is 11.5 Å². The minimum absolute atomic E-state index is 0.0633. The summed E-state index contributed by atoms with van der Waals surface area (Å²) in [6.07, 6.45) is 4.51. The van der Waals surface area contributed by atoms with Crippen LogP contribution in [-0.4, -0.2) is 51.7 Å². The number of amides is 1. The van der Waals surface area contributed by atoms with Crippen LogP contribution in [0, 0.1) is 5.92 Å². The SMILES string of the molecule is CNCC1CCN(C(=O)C=Cc2ccc(OC)c(OC)c2)C1. The second kappa shape index (κ2) is 7.84. The maximum atomic E-state index is 12.2. The zero-order valence-electron chi connectivity index (χ0n) is 13.5. The third-order valence-electron chi connectivity index (χ3n) is 3.92. The smallest absolute Gasteiger partial charge is 0.246 e. The van der Waals surface area contributed by atoms with Crippen molar-refractivity contribution in [3.63, 3.8) is 0 Å². The minimum Gasteiger partial charge on any atom is -0.493 e. The molecule has 1 unspecified atom stereocenters. The quantitative estimate of drug-likeness (QED) is 0.814. The molecule has 1 atom stereocenters. The third kappa shape index (κ3) is 4.01. The van der Waals surface area contributed by atoms with Crippen LogP contribution < -0.4 is 14.8 Å². The van der Waals surface area contributed by atoms with Gasteiger partial charge < -0.3 is 19.7 Å². The maximum Gasteiger partial charge on any atom is 0.246 e. The van der Waals surface area contributed by atoms with E-state index < -0.39 is 0 Å². The number of nitrogens with zero attached hydrogens (tertiary/aromatic N) is 1. The molecule has 1 fully saturated rings. The van der Waals surface area contributed by atoms with E-state index in [-0.39, 0.29) is 5.91 Å². The molecule has 1 aromatic rings. The first kappa shape index (κ1) is 16.4. The van der Waals surface area contributed by atoms with E-state index in [1.54, 1.807) is 20.3 Å². The molecule has 1 heterocycles. The van der Waals surface area contributed by atoms with Gasteiger partial charge in [-0.15, -0.1) is 0 Å². The van der Waals surface area contributed by atoms with Gasteiger partial charge >= 0.3 is 0 Å². The molecule has 5 nitrogen and oxygen atoms in total. The van der Waals surface area contributed by atoms with Crippen molar-refractivity contribution >= 4 is 12.0 Å². The van der Waals surface area contributed by atoms with Gasteiger partial charge in [-0.1, -0.05) is 6.07 Å². The second-order valence-corrected chi connectivity index (χ2v) is 5.44. The molecule has 0 aromatic heterocycles. The summed E-state index contributed by atoms with van der Waals surface area (Å²) in [5, 5.41) is 3.17. The molecule has 1 aliphatic rings. The zero-order valence-corrected chi connectivity index (χ0v) is 13.5. The Balaban J connectivity index is 1.98. The van der Waals surface area contributed by atoms with Crippen LogP contribution in [0.3, 0.4) is 0 Å². The van der Waals surface area contributed by atoms with E-state index in [1.807, 2.05) is 36.2 Å². The number of likely N-dealkylation sites (tertiary alicyclic amines) is 1. The molecule has 1 amide bonds. The predicted molar refractivity (Wildman–Crippen MR) is 87.2 cm³/mol. The van der Waals surface area contributed by atoms with Crippen LogP contribution in [0.25, 0.3) is 6.08 Å². The molecule has 0 radical (unpaired) electrons. The van der Waals surface area contributed by atoms with Crippen LogP contribution in [0.1, 0.15) is 12.0 Å². The van der Waals surface area contributed by atoms with E-state index in [0.29, 0.717) is 17.4 Å². The van der Waals surface area contributed by atoms with Gasteiger partial charge in [0.1, 0.15) is 0 Å². The molecule has 0 bridgehead atoms. The first-order chi connectivity index (χ1) is 10.7. The van der Waals surface area contributed by atoms with Crippen LogP contribution in [0.2, 0.25) is 0 Å². The van der Waals surface area contributed by atoms with Crippen LogP contribution in [0.4, 0.5) is 0 Å². The lowest BCUT2D eigenvalue weighted by Crippen LogP contribution is -2.28. The number of hydrogen-bond acceptors (Lipinski definition) is 4. The van der Waals surface area contributed by atoms with Crippen molar-refractivity contribution in [3.05, 3.63) is 29.8 Å². The molecule has 0 spiro atoms. The number of benzene rings is 1. The Morgan fingerprint density at radius 3 is 2.82 bits per heavy atom. The highest BCUT2D eigenvalue weighted by Crippen LogP contribution is 2.28. The summed E-state index contributed by atoms with van der Waals surface area (Å²) in [6, 6.07) is 5.59. The highest BCUT2D eigenvalue weighted by atomic mass is 16.5. The molecule has 1 aliphatic heterocycles. The molecule has 1 N–H and O–H groups in total. The van der Waals surface area contributed by atoms with Crippen molar-refractivity contribution < 1.29 is 14.3 Å². The van der Waals surface area contributed by atoms with Gasteiger partial charge in [-0.25, -0.2) is 0 Å². The number of rotatable bonds is 6. The molecule has 5 heteroatoms. The van der Waals surface area contributed by atoms with Crippen molar-refractivity contribution in [3.8, 4) is 11.5 Å². The van der Waals surface area contributed by atoms with E-state index in [1.165, 1.54) is 0 Å². The molecule has 2 rings (SSSR count). The monoisotopic (exact) mass is 304 g/mol. The van der Waals surface area contributed by atoms with E-state index in [0.717, 1.165) is 31.6 Å². The fourth-order valence-electron chi connectivity index (χ4n) is 2.72. The minimum atomic E-state index is 0.0633. The molecule has 0 aliphatic carbocycles. The summed E-state index contributed by atoms with van der Waals surface area (Å²) in [6.45, 7) is 2.63. The van der Waals surface area contributed by atoms with Crippen molar-refractivity contribution in [2.45, 2.75) is 6.42 Å².